The molecule has 0 unspecified atom stereocenters. The van der Waals surface area contributed by atoms with Gasteiger partial charge >= 0.3 is 0 Å². The average molecular weight is 274 g/mol. The fourth-order valence-corrected chi connectivity index (χ4v) is 2.45. The molecule has 2 aromatic rings. The van der Waals surface area contributed by atoms with Crippen molar-refractivity contribution >= 4 is 23.7 Å². The first-order valence-corrected chi connectivity index (χ1v) is 6.32. The minimum Gasteiger partial charge on any atom is -0.285 e. The van der Waals surface area contributed by atoms with Crippen molar-refractivity contribution in [1.29, 1.82) is 0 Å². The molecule has 1 aliphatic carbocycles. The van der Waals surface area contributed by atoms with Crippen LogP contribution in [0.4, 0.5) is 0 Å². The summed E-state index contributed by atoms with van der Waals surface area (Å²) in [5.41, 5.74) is 1.64. The number of nitrogens with zero attached hydrogens (tertiary/aromatic N) is 4. The molecule has 0 radical (unpaired) electrons. The molecular formula is C12H10N4O2S. The fraction of sp³-hybridized carbons (Fsp3) is 0.167. The smallest absolute Gasteiger partial charge is 0.256 e. The molecule has 0 saturated carbocycles. The van der Waals surface area contributed by atoms with Gasteiger partial charge in [-0.25, -0.2) is 4.31 Å². The van der Waals surface area contributed by atoms with Crippen molar-refractivity contribution in [1.82, 2.24) is 18.7 Å². The predicted octanol–water partition coefficient (Wildman–Crippen LogP) is 1.30. The van der Waals surface area contributed by atoms with Crippen LogP contribution in [0.1, 0.15) is 20.8 Å². The summed E-state index contributed by atoms with van der Waals surface area (Å²) in [6, 6.07) is 6.95. The van der Waals surface area contributed by atoms with E-state index in [1.807, 2.05) is 20.2 Å². The van der Waals surface area contributed by atoms with Crippen LogP contribution in [0.2, 0.25) is 0 Å². The third-order valence-electron chi connectivity index (χ3n) is 2.68. The summed E-state index contributed by atoms with van der Waals surface area (Å²) in [6.07, 6.45) is 0. The van der Waals surface area contributed by atoms with Crippen LogP contribution in [0.25, 0.3) is 11.3 Å². The molecule has 3 rings (SSSR count). The maximum absolute atomic E-state index is 12.0. The minimum atomic E-state index is -0.598. The Balaban J connectivity index is 2.18. The molecule has 0 atom stereocenters. The SMILES string of the molecule is CN(C)Sn1nc2c(n1)-c1ccccc1C(=O)C2=O. The van der Waals surface area contributed by atoms with Crippen LogP contribution >= 0.6 is 12.1 Å². The lowest BCUT2D eigenvalue weighted by Crippen LogP contribution is -2.21. The van der Waals surface area contributed by atoms with E-state index in [9.17, 15) is 9.59 Å². The summed E-state index contributed by atoms with van der Waals surface area (Å²) in [6.45, 7) is 0. The van der Waals surface area contributed by atoms with Crippen molar-refractivity contribution in [3.63, 3.8) is 0 Å². The fourth-order valence-electron chi connectivity index (χ4n) is 1.92. The van der Waals surface area contributed by atoms with Gasteiger partial charge in [0, 0.05) is 11.1 Å². The molecule has 6 nitrogen and oxygen atoms in total. The molecule has 7 heteroatoms. The summed E-state index contributed by atoms with van der Waals surface area (Å²) in [7, 11) is 3.68. The first-order chi connectivity index (χ1) is 9.08. The molecule has 19 heavy (non-hydrogen) atoms. The number of hydrogen-bond acceptors (Lipinski definition) is 6. The highest BCUT2D eigenvalue weighted by molar-refractivity contribution is 7.95. The van der Waals surface area contributed by atoms with Crippen molar-refractivity contribution in [2.45, 2.75) is 0 Å². The Labute approximate surface area is 113 Å². The highest BCUT2D eigenvalue weighted by Crippen LogP contribution is 2.31. The zero-order valence-electron chi connectivity index (χ0n) is 10.3. The number of fused-ring (bicyclic) bond motifs is 3. The molecule has 96 valence electrons. The summed E-state index contributed by atoms with van der Waals surface area (Å²) in [5.74, 6) is -1.12. The second kappa shape index (κ2) is 4.29. The Bertz CT molecular complexity index is 693. The lowest BCUT2D eigenvalue weighted by molar-refractivity contribution is 0.0812. The van der Waals surface area contributed by atoms with Gasteiger partial charge in [-0.2, -0.15) is 0 Å². The third kappa shape index (κ3) is 1.87. The van der Waals surface area contributed by atoms with E-state index in [2.05, 4.69) is 10.2 Å². The van der Waals surface area contributed by atoms with Gasteiger partial charge in [0.25, 0.3) is 5.78 Å². The van der Waals surface area contributed by atoms with Gasteiger partial charge in [-0.1, -0.05) is 24.3 Å². The molecular weight excluding hydrogens is 264 g/mol. The maximum Gasteiger partial charge on any atom is 0.256 e. The average Bonchev–Trinajstić information content (AvgIpc) is 2.79. The van der Waals surface area contributed by atoms with E-state index in [-0.39, 0.29) is 5.69 Å². The normalized spacial score (nSPS) is 13.6. The van der Waals surface area contributed by atoms with Crippen LogP contribution in [0.5, 0.6) is 0 Å². The molecule has 1 aliphatic rings. The Morgan fingerprint density at radius 3 is 2.32 bits per heavy atom. The summed E-state index contributed by atoms with van der Waals surface area (Å²) >= 11 is 1.23. The van der Waals surface area contributed by atoms with Gasteiger partial charge in [0.2, 0.25) is 5.78 Å². The number of carbonyl (C=O) groups is 2. The van der Waals surface area contributed by atoms with E-state index in [4.69, 9.17) is 0 Å². The van der Waals surface area contributed by atoms with Crippen LogP contribution in [-0.2, 0) is 0 Å². The van der Waals surface area contributed by atoms with E-state index in [1.54, 1.807) is 22.5 Å². The molecule has 1 aromatic heterocycles. The number of carbonyl (C=O) groups excluding carboxylic acids is 2. The van der Waals surface area contributed by atoms with E-state index in [1.165, 1.54) is 16.3 Å². The number of ketones is 2. The van der Waals surface area contributed by atoms with Crippen molar-refractivity contribution < 1.29 is 9.59 Å². The van der Waals surface area contributed by atoms with Gasteiger partial charge in [0.15, 0.2) is 5.69 Å². The zero-order valence-corrected chi connectivity index (χ0v) is 11.1. The first-order valence-electron chi connectivity index (χ1n) is 5.59. The molecule has 1 heterocycles. The minimum absolute atomic E-state index is 0.123. The third-order valence-corrected chi connectivity index (χ3v) is 3.32. The van der Waals surface area contributed by atoms with E-state index < -0.39 is 11.6 Å². The molecule has 0 saturated heterocycles. The second-order valence-corrected chi connectivity index (χ2v) is 5.47. The molecule has 0 amide bonds. The van der Waals surface area contributed by atoms with Crippen molar-refractivity contribution in [3.8, 4) is 11.3 Å². The monoisotopic (exact) mass is 274 g/mol. The van der Waals surface area contributed by atoms with Crippen LogP contribution in [0.3, 0.4) is 0 Å². The predicted molar refractivity (Wildman–Crippen MR) is 70.8 cm³/mol. The summed E-state index contributed by atoms with van der Waals surface area (Å²) in [5, 5.41) is 8.35. The van der Waals surface area contributed by atoms with Crippen LogP contribution in [0, 0.1) is 0 Å². The van der Waals surface area contributed by atoms with Crippen LogP contribution in [0.15, 0.2) is 24.3 Å². The van der Waals surface area contributed by atoms with Crippen molar-refractivity contribution in [2.24, 2.45) is 0 Å². The van der Waals surface area contributed by atoms with Gasteiger partial charge < -0.3 is 0 Å². The van der Waals surface area contributed by atoms with Crippen LogP contribution < -0.4 is 0 Å². The largest absolute Gasteiger partial charge is 0.285 e. The lowest BCUT2D eigenvalue weighted by atomic mass is 9.90. The maximum atomic E-state index is 12.0. The van der Waals surface area contributed by atoms with E-state index in [0.29, 0.717) is 16.8 Å². The highest BCUT2D eigenvalue weighted by Gasteiger charge is 2.34. The molecule has 0 fully saturated rings. The number of benzene rings is 1. The van der Waals surface area contributed by atoms with Crippen molar-refractivity contribution in [3.05, 3.63) is 35.5 Å². The van der Waals surface area contributed by atoms with Crippen LogP contribution in [-0.4, -0.2) is 44.4 Å². The Kier molecular flexibility index (Phi) is 2.72. The van der Waals surface area contributed by atoms with Gasteiger partial charge in [-0.05, 0) is 14.1 Å². The topological polar surface area (TPSA) is 68.1 Å². The standard InChI is InChI=1S/C12H10N4O2S/c1-15(2)19-16-13-9-7-5-3-4-6-8(7)11(17)12(18)10(9)14-16/h3-6H,1-2H3. The van der Waals surface area contributed by atoms with Crippen molar-refractivity contribution in [2.75, 3.05) is 14.1 Å². The van der Waals surface area contributed by atoms with Gasteiger partial charge in [0.05, 0.1) is 12.1 Å². The Morgan fingerprint density at radius 1 is 1.00 bits per heavy atom. The second-order valence-electron chi connectivity index (χ2n) is 4.25. The summed E-state index contributed by atoms with van der Waals surface area (Å²) < 4.78 is 3.14. The molecule has 0 aliphatic heterocycles. The Morgan fingerprint density at radius 2 is 1.63 bits per heavy atom. The molecule has 0 N–H and O–H groups in total. The van der Waals surface area contributed by atoms with Gasteiger partial charge in [0.1, 0.15) is 5.69 Å². The summed E-state index contributed by atoms with van der Waals surface area (Å²) in [4.78, 5) is 24.0. The first kappa shape index (κ1) is 12.1. The quantitative estimate of drug-likeness (QED) is 0.607. The van der Waals surface area contributed by atoms with E-state index in [0.717, 1.165) is 0 Å². The molecule has 0 bridgehead atoms. The lowest BCUT2D eigenvalue weighted by Gasteiger charge is -2.10. The molecule has 0 spiro atoms. The number of aromatic nitrogens is 3. The highest BCUT2D eigenvalue weighted by atomic mass is 32.2. The van der Waals surface area contributed by atoms with Gasteiger partial charge in [-0.3, -0.25) is 9.59 Å². The number of rotatable bonds is 2. The number of hydrogen-bond donors (Lipinski definition) is 0. The Hall–Kier alpha value is -1.99. The molecule has 1 aromatic carbocycles. The zero-order chi connectivity index (χ0) is 13.6. The van der Waals surface area contributed by atoms with Gasteiger partial charge in [-0.15, -0.1) is 14.4 Å². The number of Topliss-reactive ketones (excluding diaryl/α,β-unsaturated/α-hetero) is 2. The van der Waals surface area contributed by atoms with E-state index >= 15 is 0 Å².